The van der Waals surface area contributed by atoms with Crippen molar-refractivity contribution >= 4 is 46.4 Å². The molecule has 0 spiro atoms. The fourth-order valence-corrected chi connectivity index (χ4v) is 5.05. The molecule has 0 bridgehead atoms. The van der Waals surface area contributed by atoms with Crippen LogP contribution in [-0.2, 0) is 11.3 Å². The average Bonchev–Trinajstić information content (AvgIpc) is 3.39. The molecule has 202 valence electrons. The monoisotopic (exact) mass is 586 g/mol. The summed E-state index contributed by atoms with van der Waals surface area (Å²) in [7, 11) is 1.58. The van der Waals surface area contributed by atoms with E-state index in [0.29, 0.717) is 87.8 Å². The third kappa shape index (κ3) is 6.65. The summed E-state index contributed by atoms with van der Waals surface area (Å²) in [4.78, 5) is 19.8. The van der Waals surface area contributed by atoms with E-state index in [-0.39, 0.29) is 11.8 Å². The van der Waals surface area contributed by atoms with Crippen LogP contribution in [0.5, 0.6) is 17.2 Å². The van der Waals surface area contributed by atoms with E-state index in [1.807, 2.05) is 12.1 Å². The molecular weight excluding hydrogens is 563 g/mol. The average molecular weight is 588 g/mol. The summed E-state index contributed by atoms with van der Waals surface area (Å²) in [6, 6.07) is 17.6. The Kier molecular flexibility index (Phi) is 8.57. The van der Waals surface area contributed by atoms with Crippen molar-refractivity contribution in [3.63, 3.8) is 0 Å². The summed E-state index contributed by atoms with van der Waals surface area (Å²) >= 11 is 18.5. The quantitative estimate of drug-likeness (QED) is 0.230. The molecule has 4 aromatic rings. The Balaban J connectivity index is 1.18. The van der Waals surface area contributed by atoms with Crippen molar-refractivity contribution in [1.29, 1.82) is 0 Å². The number of aromatic nitrogens is 2. The first-order valence-corrected chi connectivity index (χ1v) is 13.4. The molecule has 5 rings (SSSR count). The predicted molar refractivity (Wildman–Crippen MR) is 151 cm³/mol. The second-order valence-corrected chi connectivity index (χ2v) is 10.3. The van der Waals surface area contributed by atoms with Gasteiger partial charge in [-0.3, -0.25) is 9.69 Å². The lowest BCUT2D eigenvalue weighted by molar-refractivity contribution is -0.121. The van der Waals surface area contributed by atoms with E-state index in [2.05, 4.69) is 20.4 Å². The highest BCUT2D eigenvalue weighted by Crippen LogP contribution is 2.37. The lowest BCUT2D eigenvalue weighted by atomic mass is 9.96. The van der Waals surface area contributed by atoms with Crippen molar-refractivity contribution in [2.45, 2.75) is 19.4 Å². The molecule has 3 aromatic carbocycles. The number of nitrogens with zero attached hydrogens (tertiary/aromatic N) is 3. The number of halogens is 3. The van der Waals surface area contributed by atoms with E-state index in [4.69, 9.17) is 48.8 Å². The van der Waals surface area contributed by atoms with Gasteiger partial charge in [0.05, 0.1) is 24.4 Å². The molecule has 1 aromatic heterocycles. The van der Waals surface area contributed by atoms with Crippen LogP contribution in [0, 0.1) is 5.92 Å². The summed E-state index contributed by atoms with van der Waals surface area (Å²) in [6.45, 7) is 1.90. The Morgan fingerprint density at radius 2 is 1.72 bits per heavy atom. The van der Waals surface area contributed by atoms with Crippen molar-refractivity contribution in [1.82, 2.24) is 15.0 Å². The first kappa shape index (κ1) is 27.3. The highest BCUT2D eigenvalue weighted by Gasteiger charge is 2.27. The molecule has 1 aliphatic rings. The SMILES string of the molecule is COc1ccccc1Oc1ccc(Cl)cc1NC(=O)C1CCN(Cc2nc(-c3ccc(Cl)cc3Cl)no2)CC1. The lowest BCUT2D eigenvalue weighted by Gasteiger charge is -2.30. The highest BCUT2D eigenvalue weighted by molar-refractivity contribution is 6.36. The van der Waals surface area contributed by atoms with Crippen LogP contribution in [0.15, 0.2) is 65.2 Å². The van der Waals surface area contributed by atoms with Crippen LogP contribution in [-0.4, -0.2) is 41.1 Å². The Labute approximate surface area is 240 Å². The normalized spacial score (nSPS) is 14.3. The smallest absolute Gasteiger partial charge is 0.241 e. The first-order valence-electron chi connectivity index (χ1n) is 12.3. The molecule has 0 unspecified atom stereocenters. The van der Waals surface area contributed by atoms with Gasteiger partial charge in [0.15, 0.2) is 17.2 Å². The van der Waals surface area contributed by atoms with Crippen LogP contribution in [0.2, 0.25) is 15.1 Å². The van der Waals surface area contributed by atoms with Gasteiger partial charge in [-0.15, -0.1) is 0 Å². The predicted octanol–water partition coefficient (Wildman–Crippen LogP) is 7.35. The van der Waals surface area contributed by atoms with Crippen molar-refractivity contribution in [2.24, 2.45) is 5.92 Å². The molecule has 1 saturated heterocycles. The molecule has 1 N–H and O–H groups in total. The zero-order chi connectivity index (χ0) is 27.4. The van der Waals surface area contributed by atoms with Gasteiger partial charge in [-0.05, 0) is 74.5 Å². The van der Waals surface area contributed by atoms with E-state index in [1.165, 1.54) is 0 Å². The molecule has 1 fully saturated rings. The van der Waals surface area contributed by atoms with Gasteiger partial charge in [-0.1, -0.05) is 52.1 Å². The molecule has 8 nitrogen and oxygen atoms in total. The summed E-state index contributed by atoms with van der Waals surface area (Å²) in [5.41, 5.74) is 1.15. The van der Waals surface area contributed by atoms with Crippen molar-refractivity contribution in [3.8, 4) is 28.6 Å². The van der Waals surface area contributed by atoms with Crippen LogP contribution >= 0.6 is 34.8 Å². The van der Waals surface area contributed by atoms with E-state index in [9.17, 15) is 4.79 Å². The summed E-state index contributed by atoms with van der Waals surface area (Å²) in [5, 5.41) is 8.54. The molecule has 1 amide bonds. The third-order valence-electron chi connectivity index (χ3n) is 6.45. The van der Waals surface area contributed by atoms with Gasteiger partial charge < -0.3 is 19.3 Å². The maximum absolute atomic E-state index is 13.2. The van der Waals surface area contributed by atoms with Gasteiger partial charge in [-0.2, -0.15) is 4.98 Å². The number of ether oxygens (including phenoxy) is 2. The molecule has 0 atom stereocenters. The zero-order valence-electron chi connectivity index (χ0n) is 21.0. The van der Waals surface area contributed by atoms with Gasteiger partial charge in [0, 0.05) is 21.5 Å². The van der Waals surface area contributed by atoms with Crippen LogP contribution in [0.4, 0.5) is 5.69 Å². The molecule has 0 saturated carbocycles. The minimum absolute atomic E-state index is 0.0840. The third-order valence-corrected chi connectivity index (χ3v) is 7.23. The number of likely N-dealkylation sites (tertiary alicyclic amines) is 1. The van der Waals surface area contributed by atoms with Gasteiger partial charge >= 0.3 is 0 Å². The largest absolute Gasteiger partial charge is 0.493 e. The number of anilines is 1. The number of methoxy groups -OCH3 is 1. The Hall–Kier alpha value is -3.30. The van der Waals surface area contributed by atoms with Gasteiger partial charge in [0.1, 0.15) is 0 Å². The van der Waals surface area contributed by atoms with E-state index in [1.54, 1.807) is 55.6 Å². The molecule has 0 aliphatic carbocycles. The standard InChI is InChI=1S/C28H25Cl3N4O4/c1-37-24-4-2-3-5-25(24)38-23-9-7-19(30)15-22(23)32-28(36)17-10-12-35(13-11-17)16-26-33-27(34-39-26)20-8-6-18(29)14-21(20)31/h2-9,14-15,17H,10-13,16H2,1H3,(H,32,36). The number of hydrogen-bond donors (Lipinski definition) is 1. The van der Waals surface area contributed by atoms with Crippen LogP contribution in [0.1, 0.15) is 18.7 Å². The fraction of sp³-hybridized carbons (Fsp3) is 0.250. The number of carbonyl (C=O) groups is 1. The molecule has 1 aliphatic heterocycles. The number of para-hydroxylation sites is 2. The van der Waals surface area contributed by atoms with Gasteiger partial charge in [0.25, 0.3) is 0 Å². The number of nitrogens with one attached hydrogen (secondary N) is 1. The Morgan fingerprint density at radius 1 is 1.00 bits per heavy atom. The summed E-state index contributed by atoms with van der Waals surface area (Å²) in [6.07, 6.45) is 1.36. The van der Waals surface area contributed by atoms with E-state index in [0.717, 1.165) is 0 Å². The van der Waals surface area contributed by atoms with Crippen LogP contribution in [0.3, 0.4) is 0 Å². The van der Waals surface area contributed by atoms with Crippen molar-refractivity contribution in [3.05, 3.63) is 81.6 Å². The van der Waals surface area contributed by atoms with E-state index < -0.39 is 0 Å². The maximum atomic E-state index is 13.2. The van der Waals surface area contributed by atoms with Crippen LogP contribution < -0.4 is 14.8 Å². The first-order chi connectivity index (χ1) is 18.9. The topological polar surface area (TPSA) is 89.7 Å². The number of piperidine rings is 1. The number of hydrogen-bond acceptors (Lipinski definition) is 7. The molecule has 11 heteroatoms. The van der Waals surface area contributed by atoms with Gasteiger partial charge in [-0.25, -0.2) is 0 Å². The van der Waals surface area contributed by atoms with Crippen LogP contribution in [0.25, 0.3) is 11.4 Å². The second kappa shape index (κ2) is 12.3. The van der Waals surface area contributed by atoms with Crippen molar-refractivity contribution in [2.75, 3.05) is 25.5 Å². The Morgan fingerprint density at radius 3 is 2.46 bits per heavy atom. The molecule has 39 heavy (non-hydrogen) atoms. The Bertz CT molecular complexity index is 1470. The molecule has 0 radical (unpaired) electrons. The van der Waals surface area contributed by atoms with Gasteiger partial charge in [0.2, 0.25) is 17.6 Å². The summed E-state index contributed by atoms with van der Waals surface area (Å²) in [5.74, 6) is 2.24. The number of rotatable bonds is 8. The highest BCUT2D eigenvalue weighted by atomic mass is 35.5. The number of benzene rings is 3. The minimum Gasteiger partial charge on any atom is -0.493 e. The summed E-state index contributed by atoms with van der Waals surface area (Å²) < 4.78 is 16.9. The van der Waals surface area contributed by atoms with E-state index >= 15 is 0 Å². The molecule has 2 heterocycles. The zero-order valence-corrected chi connectivity index (χ0v) is 23.3. The number of carbonyl (C=O) groups excluding carboxylic acids is 1. The second-order valence-electron chi connectivity index (χ2n) is 9.07. The number of amides is 1. The van der Waals surface area contributed by atoms with Crippen molar-refractivity contribution < 1.29 is 18.8 Å². The fourth-order valence-electron chi connectivity index (χ4n) is 4.39. The minimum atomic E-state index is -0.162. The maximum Gasteiger partial charge on any atom is 0.241 e. The lowest BCUT2D eigenvalue weighted by Crippen LogP contribution is -2.37. The molecular formula is C28H25Cl3N4O4.